The molecule has 0 atom stereocenters. The van der Waals surface area contributed by atoms with Gasteiger partial charge in [-0.15, -0.1) is 0 Å². The summed E-state index contributed by atoms with van der Waals surface area (Å²) in [6, 6.07) is 4.15. The highest BCUT2D eigenvalue weighted by atomic mass is 16.6. The number of methoxy groups -OCH3 is 1. The van der Waals surface area contributed by atoms with Crippen LogP contribution in [0.3, 0.4) is 0 Å². The molecule has 0 aliphatic carbocycles. The number of nitro benzene ring substituents is 1. The van der Waals surface area contributed by atoms with Crippen molar-refractivity contribution >= 4 is 11.6 Å². The number of unbranched alkanes of at least 4 members (excludes halogenated alkanes) is 1. The van der Waals surface area contributed by atoms with Crippen molar-refractivity contribution < 1.29 is 14.5 Å². The SMILES string of the molecule is CCCCNC(=O)c1ccc(OC)c([N+](=O)[O-])c1. The number of rotatable bonds is 6. The fourth-order valence-corrected chi connectivity index (χ4v) is 1.45. The Morgan fingerprint density at radius 1 is 1.50 bits per heavy atom. The minimum absolute atomic E-state index is 0.144. The summed E-state index contributed by atoms with van der Waals surface area (Å²) >= 11 is 0. The van der Waals surface area contributed by atoms with Crippen LogP contribution in [0.5, 0.6) is 5.75 Å². The monoisotopic (exact) mass is 252 g/mol. The van der Waals surface area contributed by atoms with Gasteiger partial charge in [-0.2, -0.15) is 0 Å². The molecule has 0 aliphatic heterocycles. The van der Waals surface area contributed by atoms with Crippen molar-refractivity contribution in [3.8, 4) is 5.75 Å². The van der Waals surface area contributed by atoms with E-state index in [-0.39, 0.29) is 22.9 Å². The van der Waals surface area contributed by atoms with Gasteiger partial charge in [-0.1, -0.05) is 13.3 Å². The first-order chi connectivity index (χ1) is 8.60. The second-order valence-corrected chi connectivity index (χ2v) is 3.75. The summed E-state index contributed by atoms with van der Waals surface area (Å²) in [5.74, 6) is -0.167. The van der Waals surface area contributed by atoms with Crippen LogP contribution in [0.4, 0.5) is 5.69 Å². The number of benzene rings is 1. The molecule has 0 aliphatic rings. The summed E-state index contributed by atoms with van der Waals surface area (Å²) in [7, 11) is 1.35. The van der Waals surface area contributed by atoms with E-state index in [1.54, 1.807) is 0 Å². The maximum Gasteiger partial charge on any atom is 0.311 e. The van der Waals surface area contributed by atoms with Crippen LogP contribution >= 0.6 is 0 Å². The number of amides is 1. The molecule has 0 fully saturated rings. The molecule has 0 saturated carbocycles. The molecule has 98 valence electrons. The summed E-state index contributed by atoms with van der Waals surface area (Å²) in [5.41, 5.74) is 0.0549. The number of hydrogen-bond acceptors (Lipinski definition) is 4. The minimum atomic E-state index is -0.568. The minimum Gasteiger partial charge on any atom is -0.490 e. The Kier molecular flexibility index (Phi) is 5.10. The Morgan fingerprint density at radius 3 is 2.78 bits per heavy atom. The average molecular weight is 252 g/mol. The van der Waals surface area contributed by atoms with E-state index < -0.39 is 4.92 Å². The van der Waals surface area contributed by atoms with Gasteiger partial charge in [-0.05, 0) is 18.6 Å². The molecule has 0 saturated heterocycles. The second-order valence-electron chi connectivity index (χ2n) is 3.75. The highest BCUT2D eigenvalue weighted by Crippen LogP contribution is 2.27. The van der Waals surface area contributed by atoms with Gasteiger partial charge in [0, 0.05) is 18.2 Å². The summed E-state index contributed by atoms with van der Waals surface area (Å²) < 4.78 is 4.87. The number of carbonyl (C=O) groups excluding carboxylic acids is 1. The molecule has 0 aromatic heterocycles. The van der Waals surface area contributed by atoms with Crippen LogP contribution in [0.15, 0.2) is 18.2 Å². The number of nitrogens with one attached hydrogen (secondary N) is 1. The van der Waals surface area contributed by atoms with Crippen molar-refractivity contribution in [2.24, 2.45) is 0 Å². The molecule has 6 heteroatoms. The van der Waals surface area contributed by atoms with Crippen LogP contribution < -0.4 is 10.1 Å². The van der Waals surface area contributed by atoms with Crippen molar-refractivity contribution in [1.29, 1.82) is 0 Å². The van der Waals surface area contributed by atoms with Gasteiger partial charge < -0.3 is 10.1 Å². The molecule has 1 N–H and O–H groups in total. The largest absolute Gasteiger partial charge is 0.490 e. The lowest BCUT2D eigenvalue weighted by atomic mass is 10.1. The van der Waals surface area contributed by atoms with Crippen molar-refractivity contribution in [2.75, 3.05) is 13.7 Å². The third kappa shape index (κ3) is 3.44. The lowest BCUT2D eigenvalue weighted by molar-refractivity contribution is -0.385. The quantitative estimate of drug-likeness (QED) is 0.477. The van der Waals surface area contributed by atoms with E-state index in [9.17, 15) is 14.9 Å². The maximum atomic E-state index is 11.7. The fourth-order valence-electron chi connectivity index (χ4n) is 1.45. The van der Waals surface area contributed by atoms with Gasteiger partial charge >= 0.3 is 5.69 Å². The predicted octanol–water partition coefficient (Wildman–Crippen LogP) is 2.13. The van der Waals surface area contributed by atoms with Crippen LogP contribution in [-0.2, 0) is 0 Å². The number of nitro groups is 1. The van der Waals surface area contributed by atoms with Gasteiger partial charge in [-0.25, -0.2) is 0 Å². The zero-order chi connectivity index (χ0) is 13.5. The first kappa shape index (κ1) is 14.0. The third-order valence-corrected chi connectivity index (χ3v) is 2.45. The molecule has 0 spiro atoms. The molecule has 1 amide bonds. The van der Waals surface area contributed by atoms with E-state index in [2.05, 4.69) is 5.32 Å². The van der Waals surface area contributed by atoms with Crippen molar-refractivity contribution in [3.63, 3.8) is 0 Å². The van der Waals surface area contributed by atoms with Gasteiger partial charge in [0.05, 0.1) is 12.0 Å². The van der Waals surface area contributed by atoms with Crippen LogP contribution in [-0.4, -0.2) is 24.5 Å². The van der Waals surface area contributed by atoms with Gasteiger partial charge in [0.15, 0.2) is 5.75 Å². The first-order valence-electron chi connectivity index (χ1n) is 5.70. The third-order valence-electron chi connectivity index (χ3n) is 2.45. The maximum absolute atomic E-state index is 11.7. The summed E-state index contributed by atoms with van der Waals surface area (Å²) in [6.45, 7) is 2.58. The van der Waals surface area contributed by atoms with E-state index >= 15 is 0 Å². The van der Waals surface area contributed by atoms with Crippen molar-refractivity contribution in [2.45, 2.75) is 19.8 Å². The molecule has 1 aromatic carbocycles. The van der Waals surface area contributed by atoms with Crippen LogP contribution in [0.2, 0.25) is 0 Å². The Bertz CT molecular complexity index is 446. The number of hydrogen-bond donors (Lipinski definition) is 1. The van der Waals surface area contributed by atoms with Gasteiger partial charge in [0.1, 0.15) is 0 Å². The lowest BCUT2D eigenvalue weighted by Crippen LogP contribution is -2.24. The van der Waals surface area contributed by atoms with Crippen LogP contribution in [0, 0.1) is 10.1 Å². The predicted molar refractivity (Wildman–Crippen MR) is 66.9 cm³/mol. The lowest BCUT2D eigenvalue weighted by Gasteiger charge is -2.06. The van der Waals surface area contributed by atoms with E-state index in [1.807, 2.05) is 6.92 Å². The molecule has 0 bridgehead atoms. The van der Waals surface area contributed by atoms with E-state index in [0.29, 0.717) is 6.54 Å². The number of nitrogens with zero attached hydrogens (tertiary/aromatic N) is 1. The van der Waals surface area contributed by atoms with Gasteiger partial charge in [0.25, 0.3) is 5.91 Å². The molecule has 1 aromatic rings. The first-order valence-corrected chi connectivity index (χ1v) is 5.70. The zero-order valence-electron chi connectivity index (χ0n) is 10.4. The highest BCUT2D eigenvalue weighted by molar-refractivity contribution is 5.95. The Balaban J connectivity index is 2.87. The number of carbonyl (C=O) groups is 1. The molecule has 0 heterocycles. The fraction of sp³-hybridized carbons (Fsp3) is 0.417. The Morgan fingerprint density at radius 2 is 2.22 bits per heavy atom. The molecule has 1 rings (SSSR count). The highest BCUT2D eigenvalue weighted by Gasteiger charge is 2.17. The smallest absolute Gasteiger partial charge is 0.311 e. The average Bonchev–Trinajstić information content (AvgIpc) is 2.38. The second kappa shape index (κ2) is 6.58. The van der Waals surface area contributed by atoms with Crippen molar-refractivity contribution in [1.82, 2.24) is 5.32 Å². The Hall–Kier alpha value is -2.11. The molecular weight excluding hydrogens is 236 g/mol. The van der Waals surface area contributed by atoms with E-state index in [1.165, 1.54) is 25.3 Å². The molecular formula is C12H16N2O4. The summed E-state index contributed by atoms with van der Waals surface area (Å²) in [5, 5.41) is 13.5. The summed E-state index contributed by atoms with van der Waals surface area (Å²) in [4.78, 5) is 22.0. The topological polar surface area (TPSA) is 81.5 Å². The van der Waals surface area contributed by atoms with Gasteiger partial charge in [-0.3, -0.25) is 14.9 Å². The van der Waals surface area contributed by atoms with Crippen LogP contribution in [0.25, 0.3) is 0 Å². The van der Waals surface area contributed by atoms with Gasteiger partial charge in [0.2, 0.25) is 0 Å². The van der Waals surface area contributed by atoms with Crippen LogP contribution in [0.1, 0.15) is 30.1 Å². The normalized spacial score (nSPS) is 9.89. The number of ether oxygens (including phenoxy) is 1. The molecule has 6 nitrogen and oxygen atoms in total. The van der Waals surface area contributed by atoms with E-state index in [0.717, 1.165) is 12.8 Å². The summed E-state index contributed by atoms with van der Waals surface area (Å²) in [6.07, 6.45) is 1.85. The Labute approximate surface area is 105 Å². The molecule has 18 heavy (non-hydrogen) atoms. The standard InChI is InChI=1S/C12H16N2O4/c1-3-4-7-13-12(15)9-5-6-11(18-2)10(8-9)14(16)17/h5-6,8H,3-4,7H2,1-2H3,(H,13,15). The molecule has 0 radical (unpaired) electrons. The zero-order valence-corrected chi connectivity index (χ0v) is 10.4. The van der Waals surface area contributed by atoms with Crippen molar-refractivity contribution in [3.05, 3.63) is 33.9 Å². The van der Waals surface area contributed by atoms with E-state index in [4.69, 9.17) is 4.74 Å². The molecule has 0 unspecified atom stereocenters.